The summed E-state index contributed by atoms with van der Waals surface area (Å²) in [4.78, 5) is 21.4. The number of aromatic amines is 2. The predicted molar refractivity (Wildman–Crippen MR) is 135 cm³/mol. The molecule has 0 amide bonds. The number of para-hydroxylation sites is 2. The van der Waals surface area contributed by atoms with Crippen molar-refractivity contribution in [2.75, 3.05) is 13.1 Å². The number of hydrogen-bond acceptors (Lipinski definition) is 4. The molecule has 6 rings (SSSR count). The van der Waals surface area contributed by atoms with Crippen LogP contribution in [0.3, 0.4) is 0 Å². The SMILES string of the molecule is O=c1c(CCc2ccc(F)cc2)c(C2CCN(S(=O)(=O)C3CC3)CC2)[nH]n1-c1nc2ccccc2[nH]1. The molecular formula is C26H28FN5O3S. The zero-order chi connectivity index (χ0) is 24.9. The lowest BCUT2D eigenvalue weighted by Gasteiger charge is -2.31. The van der Waals surface area contributed by atoms with Gasteiger partial charge in [0.15, 0.2) is 0 Å². The van der Waals surface area contributed by atoms with Crippen LogP contribution in [0, 0.1) is 5.82 Å². The van der Waals surface area contributed by atoms with Crippen molar-refractivity contribution in [2.24, 2.45) is 0 Å². The molecule has 0 bridgehead atoms. The maximum atomic E-state index is 13.6. The molecule has 1 saturated carbocycles. The molecule has 0 atom stereocenters. The summed E-state index contributed by atoms with van der Waals surface area (Å²) < 4.78 is 41.8. The average Bonchev–Trinajstić information content (AvgIpc) is 3.59. The summed E-state index contributed by atoms with van der Waals surface area (Å²) in [5.41, 5.74) is 3.89. The second-order valence-electron chi connectivity index (χ2n) is 9.77. The van der Waals surface area contributed by atoms with Gasteiger partial charge in [-0.2, -0.15) is 4.68 Å². The van der Waals surface area contributed by atoms with Gasteiger partial charge < -0.3 is 4.98 Å². The van der Waals surface area contributed by atoms with E-state index < -0.39 is 10.0 Å². The number of nitrogens with one attached hydrogen (secondary N) is 2. The second-order valence-corrected chi connectivity index (χ2v) is 12.0. The summed E-state index contributed by atoms with van der Waals surface area (Å²) in [6, 6.07) is 13.9. The first-order valence-corrected chi connectivity index (χ1v) is 13.9. The van der Waals surface area contributed by atoms with Gasteiger partial charge in [0, 0.05) is 30.3 Å². The van der Waals surface area contributed by atoms with E-state index in [2.05, 4.69) is 15.1 Å². The number of H-pyrrole nitrogens is 2. The minimum Gasteiger partial charge on any atom is -0.322 e. The Morgan fingerprint density at radius 2 is 1.69 bits per heavy atom. The van der Waals surface area contributed by atoms with Crippen molar-refractivity contribution in [3.63, 3.8) is 0 Å². The van der Waals surface area contributed by atoms with E-state index in [1.165, 1.54) is 16.8 Å². The smallest absolute Gasteiger partial charge is 0.277 e. The first-order valence-electron chi connectivity index (χ1n) is 12.4. The van der Waals surface area contributed by atoms with Gasteiger partial charge in [0.1, 0.15) is 5.82 Å². The molecule has 2 aromatic carbocycles. The molecule has 3 heterocycles. The summed E-state index contributed by atoms with van der Waals surface area (Å²) >= 11 is 0. The second kappa shape index (κ2) is 9.01. The number of sulfonamides is 1. The van der Waals surface area contributed by atoms with Crippen LogP contribution in [0.15, 0.2) is 53.3 Å². The van der Waals surface area contributed by atoms with E-state index >= 15 is 0 Å². The Kier molecular flexibility index (Phi) is 5.80. The highest BCUT2D eigenvalue weighted by Gasteiger charge is 2.41. The van der Waals surface area contributed by atoms with Crippen LogP contribution in [-0.2, 0) is 22.9 Å². The zero-order valence-corrected chi connectivity index (χ0v) is 20.6. The molecule has 188 valence electrons. The molecule has 4 aromatic rings. The number of aromatic nitrogens is 4. The normalized spacial score (nSPS) is 17.7. The molecule has 0 radical (unpaired) electrons. The van der Waals surface area contributed by atoms with Crippen LogP contribution < -0.4 is 5.56 Å². The van der Waals surface area contributed by atoms with Crippen LogP contribution in [0.4, 0.5) is 4.39 Å². The number of piperidine rings is 1. The Hall–Kier alpha value is -3.24. The lowest BCUT2D eigenvalue weighted by Crippen LogP contribution is -2.40. The molecule has 2 N–H and O–H groups in total. The van der Waals surface area contributed by atoms with Gasteiger partial charge in [-0.05, 0) is 68.4 Å². The van der Waals surface area contributed by atoms with Gasteiger partial charge in [0.25, 0.3) is 5.56 Å². The van der Waals surface area contributed by atoms with Crippen molar-refractivity contribution in [1.82, 2.24) is 24.1 Å². The van der Waals surface area contributed by atoms with Crippen molar-refractivity contribution in [2.45, 2.75) is 49.7 Å². The van der Waals surface area contributed by atoms with E-state index in [4.69, 9.17) is 0 Å². The molecule has 1 saturated heterocycles. The fraction of sp³-hybridized carbons (Fsp3) is 0.385. The summed E-state index contributed by atoms with van der Waals surface area (Å²) in [5.74, 6) is 0.169. The number of aryl methyl sites for hydroxylation is 1. The Labute approximate surface area is 208 Å². The molecule has 0 spiro atoms. The highest BCUT2D eigenvalue weighted by molar-refractivity contribution is 7.90. The molecule has 2 fully saturated rings. The summed E-state index contributed by atoms with van der Waals surface area (Å²) in [5, 5.41) is 3.10. The van der Waals surface area contributed by atoms with Gasteiger partial charge in [-0.1, -0.05) is 24.3 Å². The number of halogens is 1. The first-order chi connectivity index (χ1) is 17.4. The number of imidazole rings is 1. The van der Waals surface area contributed by atoms with Crippen LogP contribution in [-0.4, -0.2) is 50.8 Å². The monoisotopic (exact) mass is 509 g/mol. The van der Waals surface area contributed by atoms with Gasteiger partial charge >= 0.3 is 0 Å². The number of hydrogen-bond donors (Lipinski definition) is 2. The van der Waals surface area contributed by atoms with E-state index in [1.54, 1.807) is 16.4 Å². The molecule has 2 aromatic heterocycles. The largest absolute Gasteiger partial charge is 0.322 e. The van der Waals surface area contributed by atoms with Crippen LogP contribution in [0.25, 0.3) is 17.0 Å². The first kappa shape index (κ1) is 23.2. The average molecular weight is 510 g/mol. The molecule has 8 nitrogen and oxygen atoms in total. The third-order valence-electron chi connectivity index (χ3n) is 7.35. The minimum atomic E-state index is -3.20. The molecular weight excluding hydrogens is 481 g/mol. The van der Waals surface area contributed by atoms with E-state index in [-0.39, 0.29) is 22.5 Å². The van der Waals surface area contributed by atoms with Crippen LogP contribution in [0.5, 0.6) is 0 Å². The van der Waals surface area contributed by atoms with Gasteiger partial charge in [-0.25, -0.2) is 22.1 Å². The van der Waals surface area contributed by atoms with Crippen molar-refractivity contribution < 1.29 is 12.8 Å². The highest BCUT2D eigenvalue weighted by Crippen LogP contribution is 2.35. The van der Waals surface area contributed by atoms with Gasteiger partial charge in [-0.15, -0.1) is 0 Å². The Morgan fingerprint density at radius 1 is 0.972 bits per heavy atom. The maximum absolute atomic E-state index is 13.6. The summed E-state index contributed by atoms with van der Waals surface area (Å²) in [6.07, 6.45) is 3.89. The minimum absolute atomic E-state index is 0.0391. The Bertz CT molecular complexity index is 1530. The van der Waals surface area contributed by atoms with E-state index in [0.717, 1.165) is 35.1 Å². The third kappa shape index (κ3) is 4.28. The lowest BCUT2D eigenvalue weighted by atomic mass is 9.90. The summed E-state index contributed by atoms with van der Waals surface area (Å²) in [6.45, 7) is 0.914. The van der Waals surface area contributed by atoms with Crippen LogP contribution in [0.2, 0.25) is 0 Å². The lowest BCUT2D eigenvalue weighted by molar-refractivity contribution is 0.315. The molecule has 1 aliphatic carbocycles. The molecule has 2 aliphatic rings. The van der Waals surface area contributed by atoms with Gasteiger partial charge in [-0.3, -0.25) is 9.89 Å². The van der Waals surface area contributed by atoms with Crippen molar-refractivity contribution in [3.8, 4) is 5.95 Å². The van der Waals surface area contributed by atoms with Gasteiger partial charge in [0.2, 0.25) is 16.0 Å². The summed E-state index contributed by atoms with van der Waals surface area (Å²) in [7, 11) is -3.20. The van der Waals surface area contributed by atoms with E-state index in [1.807, 2.05) is 24.3 Å². The quantitative estimate of drug-likeness (QED) is 0.397. The van der Waals surface area contributed by atoms with Crippen LogP contribution >= 0.6 is 0 Å². The standard InChI is InChI=1S/C26H28FN5O3S/c27-19-8-5-17(6-9-19)7-12-21-24(18-13-15-31(16-14-18)36(34,35)20-10-11-20)30-32(25(21)33)26-28-22-3-1-2-4-23(22)29-26/h1-6,8-9,18,20,30H,7,10-16H2,(H,28,29). The molecule has 36 heavy (non-hydrogen) atoms. The zero-order valence-electron chi connectivity index (χ0n) is 19.8. The topological polar surface area (TPSA) is 104 Å². The Balaban J connectivity index is 1.32. The fourth-order valence-electron chi connectivity index (χ4n) is 5.16. The fourth-order valence-corrected chi connectivity index (χ4v) is 7.03. The van der Waals surface area contributed by atoms with Crippen molar-refractivity contribution >= 4 is 21.1 Å². The number of rotatable bonds is 7. The number of benzene rings is 2. The van der Waals surface area contributed by atoms with E-state index in [0.29, 0.717) is 50.3 Å². The van der Waals surface area contributed by atoms with E-state index in [9.17, 15) is 17.6 Å². The molecule has 10 heteroatoms. The molecule has 0 unspecified atom stereocenters. The predicted octanol–water partition coefficient (Wildman–Crippen LogP) is 3.64. The maximum Gasteiger partial charge on any atom is 0.277 e. The molecule has 1 aliphatic heterocycles. The third-order valence-corrected chi connectivity index (χ3v) is 9.75. The van der Waals surface area contributed by atoms with Gasteiger partial charge in [0.05, 0.1) is 16.3 Å². The number of nitrogens with zero attached hydrogens (tertiary/aromatic N) is 3. The highest BCUT2D eigenvalue weighted by atomic mass is 32.2. The Morgan fingerprint density at radius 3 is 2.39 bits per heavy atom. The number of fused-ring (bicyclic) bond motifs is 1. The van der Waals surface area contributed by atoms with Crippen molar-refractivity contribution in [1.29, 1.82) is 0 Å². The van der Waals surface area contributed by atoms with Crippen LogP contribution in [0.1, 0.15) is 48.4 Å². The van der Waals surface area contributed by atoms with Crippen molar-refractivity contribution in [3.05, 3.63) is 81.5 Å².